The molecule has 20 heavy (non-hydrogen) atoms. The number of nitrogens with one attached hydrogen (secondary N) is 2. The van der Waals surface area contributed by atoms with Gasteiger partial charge in [-0.2, -0.15) is 0 Å². The topological polar surface area (TPSA) is 80.4 Å². The van der Waals surface area contributed by atoms with Crippen molar-refractivity contribution < 1.29 is 19.1 Å². The monoisotopic (exact) mass is 276 g/mol. The molecule has 0 radical (unpaired) electrons. The second-order valence-corrected chi connectivity index (χ2v) is 4.28. The Morgan fingerprint density at radius 3 is 2.70 bits per heavy atom. The molecule has 0 bridgehead atoms. The predicted octanol–water partition coefficient (Wildman–Crippen LogP) is 1.61. The maximum Gasteiger partial charge on any atom is 0.407 e. The lowest BCUT2D eigenvalue weighted by Crippen LogP contribution is -2.42. The highest BCUT2D eigenvalue weighted by molar-refractivity contribution is 5.86. The van der Waals surface area contributed by atoms with Gasteiger partial charge < -0.3 is 19.8 Å². The van der Waals surface area contributed by atoms with Crippen LogP contribution in [-0.4, -0.2) is 37.3 Å². The van der Waals surface area contributed by atoms with E-state index in [-0.39, 0.29) is 0 Å². The van der Waals surface area contributed by atoms with Crippen LogP contribution < -0.4 is 5.32 Å². The number of carbonyl (C=O) groups excluding carboxylic acids is 2. The number of ether oxygens (including phenoxy) is 2. The summed E-state index contributed by atoms with van der Waals surface area (Å²) in [5.74, 6) is -0.513. The fraction of sp³-hybridized carbons (Fsp3) is 0.286. The predicted molar refractivity (Wildman–Crippen MR) is 73.3 cm³/mol. The summed E-state index contributed by atoms with van der Waals surface area (Å²) >= 11 is 0. The molecule has 1 unspecified atom stereocenters. The number of fused-ring (bicyclic) bond motifs is 1. The molecule has 0 aliphatic carbocycles. The lowest BCUT2D eigenvalue weighted by Gasteiger charge is -2.15. The van der Waals surface area contributed by atoms with Crippen molar-refractivity contribution in [3.05, 3.63) is 36.0 Å². The third-order valence-corrected chi connectivity index (χ3v) is 3.06. The highest BCUT2D eigenvalue weighted by Gasteiger charge is 2.23. The average Bonchev–Trinajstić information content (AvgIpc) is 2.89. The van der Waals surface area contributed by atoms with Gasteiger partial charge in [0.05, 0.1) is 14.2 Å². The van der Waals surface area contributed by atoms with Crippen molar-refractivity contribution in [2.24, 2.45) is 0 Å². The van der Waals surface area contributed by atoms with Crippen LogP contribution >= 0.6 is 0 Å². The summed E-state index contributed by atoms with van der Waals surface area (Å²) in [5.41, 5.74) is 1.90. The number of alkyl carbamates (subject to hydrolysis) is 1. The number of methoxy groups -OCH3 is 2. The first kappa shape index (κ1) is 13.9. The van der Waals surface area contributed by atoms with E-state index in [1.807, 2.05) is 30.5 Å². The van der Waals surface area contributed by atoms with Gasteiger partial charge in [-0.05, 0) is 11.6 Å². The summed E-state index contributed by atoms with van der Waals surface area (Å²) in [6.45, 7) is 0. The molecule has 106 valence electrons. The number of benzene rings is 1. The standard InChI is InChI=1S/C14H16N2O4/c1-19-13(17)12(16-14(18)20-2)7-9-8-15-11-6-4-3-5-10(9)11/h3-6,8,12,15H,7H2,1-2H3,(H,16,18). The molecule has 1 heterocycles. The zero-order valence-corrected chi connectivity index (χ0v) is 11.3. The molecule has 1 aromatic heterocycles. The van der Waals surface area contributed by atoms with Crippen LogP contribution in [0.15, 0.2) is 30.5 Å². The zero-order chi connectivity index (χ0) is 14.5. The van der Waals surface area contributed by atoms with Crippen LogP contribution in [0.4, 0.5) is 4.79 Å². The summed E-state index contributed by atoms with van der Waals surface area (Å²) in [4.78, 5) is 26.1. The molecule has 0 saturated heterocycles. The van der Waals surface area contributed by atoms with Gasteiger partial charge in [0.2, 0.25) is 0 Å². The minimum atomic E-state index is -0.786. The van der Waals surface area contributed by atoms with E-state index in [9.17, 15) is 9.59 Å². The molecule has 1 atom stereocenters. The molecule has 2 rings (SSSR count). The Morgan fingerprint density at radius 2 is 2.00 bits per heavy atom. The summed E-state index contributed by atoms with van der Waals surface area (Å²) in [6.07, 6.45) is 1.48. The van der Waals surface area contributed by atoms with Crippen molar-refractivity contribution in [2.75, 3.05) is 14.2 Å². The fourth-order valence-corrected chi connectivity index (χ4v) is 2.06. The Kier molecular flexibility index (Phi) is 4.24. The molecular weight excluding hydrogens is 260 g/mol. The van der Waals surface area contributed by atoms with Crippen LogP contribution in [0.3, 0.4) is 0 Å². The summed E-state index contributed by atoms with van der Waals surface area (Å²) < 4.78 is 9.22. The van der Waals surface area contributed by atoms with Gasteiger partial charge in [-0.15, -0.1) is 0 Å². The van der Waals surface area contributed by atoms with Crippen LogP contribution in [0.5, 0.6) is 0 Å². The molecule has 6 heteroatoms. The van der Waals surface area contributed by atoms with E-state index < -0.39 is 18.1 Å². The number of amides is 1. The molecule has 2 aromatic rings. The molecule has 0 spiro atoms. The number of rotatable bonds is 4. The Bertz CT molecular complexity index is 620. The van der Waals surface area contributed by atoms with Gasteiger partial charge in [0.15, 0.2) is 0 Å². The second-order valence-electron chi connectivity index (χ2n) is 4.28. The first-order chi connectivity index (χ1) is 9.65. The van der Waals surface area contributed by atoms with Crippen molar-refractivity contribution in [3.8, 4) is 0 Å². The van der Waals surface area contributed by atoms with Crippen LogP contribution in [-0.2, 0) is 20.7 Å². The molecule has 0 saturated carbocycles. The molecule has 6 nitrogen and oxygen atoms in total. The Morgan fingerprint density at radius 1 is 1.25 bits per heavy atom. The van der Waals surface area contributed by atoms with E-state index in [1.54, 1.807) is 0 Å². The van der Waals surface area contributed by atoms with E-state index in [0.29, 0.717) is 6.42 Å². The van der Waals surface area contributed by atoms with Crippen LogP contribution in [0.1, 0.15) is 5.56 Å². The van der Waals surface area contributed by atoms with E-state index in [2.05, 4.69) is 15.0 Å². The third kappa shape index (κ3) is 2.90. The van der Waals surface area contributed by atoms with E-state index in [4.69, 9.17) is 4.74 Å². The third-order valence-electron chi connectivity index (χ3n) is 3.06. The lowest BCUT2D eigenvalue weighted by atomic mass is 10.1. The molecule has 0 aliphatic rings. The maximum atomic E-state index is 11.7. The van der Waals surface area contributed by atoms with Gasteiger partial charge in [0.25, 0.3) is 0 Å². The largest absolute Gasteiger partial charge is 0.467 e. The van der Waals surface area contributed by atoms with Gasteiger partial charge >= 0.3 is 12.1 Å². The number of para-hydroxylation sites is 1. The van der Waals surface area contributed by atoms with Gasteiger partial charge in [-0.1, -0.05) is 18.2 Å². The lowest BCUT2D eigenvalue weighted by molar-refractivity contribution is -0.142. The summed E-state index contributed by atoms with van der Waals surface area (Å²) in [6, 6.07) is 6.95. The normalized spacial score (nSPS) is 11.9. The van der Waals surface area contributed by atoms with Crippen molar-refractivity contribution in [3.63, 3.8) is 0 Å². The smallest absolute Gasteiger partial charge is 0.407 e. The minimum Gasteiger partial charge on any atom is -0.467 e. The number of aromatic amines is 1. The van der Waals surface area contributed by atoms with E-state index in [1.165, 1.54) is 14.2 Å². The van der Waals surface area contributed by atoms with Crippen LogP contribution in [0, 0.1) is 0 Å². The van der Waals surface area contributed by atoms with E-state index in [0.717, 1.165) is 16.5 Å². The number of H-pyrrole nitrogens is 1. The SMILES string of the molecule is COC(=O)NC(Cc1c[nH]c2ccccc12)C(=O)OC. The number of aromatic nitrogens is 1. The average molecular weight is 276 g/mol. The van der Waals surface area contributed by atoms with Crippen molar-refractivity contribution in [1.29, 1.82) is 0 Å². The first-order valence-electron chi connectivity index (χ1n) is 6.13. The summed E-state index contributed by atoms with van der Waals surface area (Å²) in [7, 11) is 2.53. The number of carbonyl (C=O) groups is 2. The van der Waals surface area contributed by atoms with Gasteiger partial charge in [0.1, 0.15) is 6.04 Å². The van der Waals surface area contributed by atoms with Gasteiger partial charge in [0, 0.05) is 23.5 Å². The summed E-state index contributed by atoms with van der Waals surface area (Å²) in [5, 5.41) is 3.48. The highest BCUT2D eigenvalue weighted by atomic mass is 16.5. The molecule has 1 amide bonds. The Labute approximate surface area is 116 Å². The van der Waals surface area contributed by atoms with Gasteiger partial charge in [-0.3, -0.25) is 0 Å². The van der Waals surface area contributed by atoms with Crippen LogP contribution in [0.25, 0.3) is 10.9 Å². The Hall–Kier alpha value is -2.50. The van der Waals surface area contributed by atoms with E-state index >= 15 is 0 Å². The maximum absolute atomic E-state index is 11.7. The first-order valence-corrected chi connectivity index (χ1v) is 6.13. The molecule has 0 fully saturated rings. The number of esters is 1. The quantitative estimate of drug-likeness (QED) is 0.831. The van der Waals surface area contributed by atoms with Crippen molar-refractivity contribution in [2.45, 2.75) is 12.5 Å². The van der Waals surface area contributed by atoms with Crippen LogP contribution in [0.2, 0.25) is 0 Å². The van der Waals surface area contributed by atoms with Gasteiger partial charge in [-0.25, -0.2) is 9.59 Å². The fourth-order valence-electron chi connectivity index (χ4n) is 2.06. The number of hydrogen-bond donors (Lipinski definition) is 2. The zero-order valence-electron chi connectivity index (χ0n) is 11.3. The number of hydrogen-bond acceptors (Lipinski definition) is 4. The molecular formula is C14H16N2O4. The molecule has 2 N–H and O–H groups in total. The minimum absolute atomic E-state index is 0.325. The Balaban J connectivity index is 2.22. The van der Waals surface area contributed by atoms with Crippen molar-refractivity contribution >= 4 is 23.0 Å². The highest BCUT2D eigenvalue weighted by Crippen LogP contribution is 2.19. The molecule has 0 aliphatic heterocycles. The van der Waals surface area contributed by atoms with Crippen molar-refractivity contribution in [1.82, 2.24) is 10.3 Å². The second kappa shape index (κ2) is 6.10. The molecule has 1 aromatic carbocycles.